The lowest BCUT2D eigenvalue weighted by Crippen LogP contribution is -2.30. The normalized spacial score (nSPS) is 12.2. The van der Waals surface area contributed by atoms with Crippen LogP contribution < -0.4 is 5.32 Å². The number of hydrogen-bond donors (Lipinski definition) is 2. The van der Waals surface area contributed by atoms with E-state index in [1.807, 2.05) is 0 Å². The average Bonchev–Trinajstić information content (AvgIpc) is 2.89. The van der Waals surface area contributed by atoms with Crippen LogP contribution in [0, 0.1) is 0 Å². The number of pyridine rings is 1. The van der Waals surface area contributed by atoms with Crippen molar-refractivity contribution in [1.29, 1.82) is 0 Å². The second-order valence-corrected chi connectivity index (χ2v) is 4.81. The average molecular weight is 326 g/mol. The van der Waals surface area contributed by atoms with Gasteiger partial charge in [0, 0.05) is 12.7 Å². The smallest absolute Gasteiger partial charge is 0.252 e. The number of aromatic nitrogens is 4. The summed E-state index contributed by atoms with van der Waals surface area (Å²) in [4.78, 5) is 16.0. The summed E-state index contributed by atoms with van der Waals surface area (Å²) in [6.45, 7) is 1.80. The van der Waals surface area contributed by atoms with Gasteiger partial charge in [0.05, 0.1) is 16.1 Å². The molecular formula is C11H12BrN5O2. The molecule has 0 saturated heterocycles. The van der Waals surface area contributed by atoms with Crippen LogP contribution in [0.5, 0.6) is 0 Å². The predicted molar refractivity (Wildman–Crippen MR) is 70.9 cm³/mol. The van der Waals surface area contributed by atoms with Gasteiger partial charge < -0.3 is 10.4 Å². The molecule has 0 aliphatic carbocycles. The van der Waals surface area contributed by atoms with E-state index < -0.39 is 6.10 Å². The highest BCUT2D eigenvalue weighted by Gasteiger charge is 2.11. The first kappa shape index (κ1) is 13.6. The molecule has 2 aromatic rings. The highest BCUT2D eigenvalue weighted by molar-refractivity contribution is 9.10. The van der Waals surface area contributed by atoms with E-state index in [4.69, 9.17) is 5.11 Å². The Balaban J connectivity index is 2.17. The van der Waals surface area contributed by atoms with Crippen LogP contribution in [-0.2, 0) is 0 Å². The van der Waals surface area contributed by atoms with Gasteiger partial charge in [-0.15, -0.1) is 10.2 Å². The van der Waals surface area contributed by atoms with Gasteiger partial charge in [-0.3, -0.25) is 9.36 Å². The van der Waals surface area contributed by atoms with E-state index in [1.54, 1.807) is 17.6 Å². The van der Waals surface area contributed by atoms with Crippen molar-refractivity contribution in [3.63, 3.8) is 0 Å². The Hall–Kier alpha value is -1.80. The quantitative estimate of drug-likeness (QED) is 0.855. The lowest BCUT2D eigenvalue weighted by molar-refractivity contribution is 0.0923. The van der Waals surface area contributed by atoms with E-state index in [2.05, 4.69) is 36.4 Å². The maximum atomic E-state index is 11.8. The molecular weight excluding hydrogens is 314 g/mol. The maximum Gasteiger partial charge on any atom is 0.252 e. The summed E-state index contributed by atoms with van der Waals surface area (Å²) in [5.74, 6) is 0.307. The molecule has 0 aliphatic heterocycles. The number of aliphatic hydroxyl groups excluding tert-OH is 1. The van der Waals surface area contributed by atoms with Crippen molar-refractivity contribution >= 4 is 21.8 Å². The second-order valence-electron chi connectivity index (χ2n) is 3.96. The summed E-state index contributed by atoms with van der Waals surface area (Å²) < 4.78 is 2.28. The first-order chi connectivity index (χ1) is 9.08. The fraction of sp³-hybridized carbons (Fsp3) is 0.273. The molecule has 0 aliphatic rings. The van der Waals surface area contributed by atoms with E-state index in [9.17, 15) is 4.79 Å². The molecule has 0 saturated carbocycles. The van der Waals surface area contributed by atoms with Crippen LogP contribution in [0.3, 0.4) is 0 Å². The van der Waals surface area contributed by atoms with Crippen molar-refractivity contribution < 1.29 is 9.90 Å². The lowest BCUT2D eigenvalue weighted by atomic mass is 10.2. The van der Waals surface area contributed by atoms with Gasteiger partial charge in [-0.05, 0) is 28.9 Å². The van der Waals surface area contributed by atoms with Crippen molar-refractivity contribution in [2.45, 2.75) is 13.0 Å². The van der Waals surface area contributed by atoms with Gasteiger partial charge in [-0.25, -0.2) is 4.98 Å². The third-order valence-corrected chi connectivity index (χ3v) is 2.89. The van der Waals surface area contributed by atoms with Crippen LogP contribution in [0.4, 0.5) is 0 Å². The van der Waals surface area contributed by atoms with Crippen LogP contribution in [0.1, 0.15) is 17.3 Å². The fourth-order valence-corrected chi connectivity index (χ4v) is 1.95. The molecule has 0 radical (unpaired) electrons. The number of carbonyl (C=O) groups is 1. The summed E-state index contributed by atoms with van der Waals surface area (Å²) in [6, 6.07) is 1.65. The second kappa shape index (κ2) is 5.89. The number of halogens is 1. The monoisotopic (exact) mass is 325 g/mol. The van der Waals surface area contributed by atoms with Crippen molar-refractivity contribution in [2.75, 3.05) is 6.54 Å². The molecule has 1 unspecified atom stereocenters. The summed E-state index contributed by atoms with van der Waals surface area (Å²) in [6.07, 6.45) is 3.90. The van der Waals surface area contributed by atoms with Gasteiger partial charge in [0.25, 0.3) is 5.91 Å². The van der Waals surface area contributed by atoms with Crippen LogP contribution >= 0.6 is 15.9 Å². The van der Waals surface area contributed by atoms with Crippen molar-refractivity contribution in [3.05, 3.63) is 35.0 Å². The Labute approximate surface area is 117 Å². The van der Waals surface area contributed by atoms with E-state index in [0.717, 1.165) is 0 Å². The van der Waals surface area contributed by atoms with Crippen LogP contribution in [-0.4, -0.2) is 43.4 Å². The molecule has 1 amide bonds. The molecule has 0 spiro atoms. The van der Waals surface area contributed by atoms with E-state index in [1.165, 1.54) is 18.9 Å². The third kappa shape index (κ3) is 3.36. The molecule has 2 N–H and O–H groups in total. The van der Waals surface area contributed by atoms with Gasteiger partial charge in [-0.2, -0.15) is 0 Å². The molecule has 1 atom stereocenters. The van der Waals surface area contributed by atoms with Crippen LogP contribution in [0.2, 0.25) is 0 Å². The highest BCUT2D eigenvalue weighted by atomic mass is 79.9. The maximum absolute atomic E-state index is 11.8. The summed E-state index contributed by atoms with van der Waals surface area (Å²) in [7, 11) is 0. The molecule has 8 heteroatoms. The third-order valence-electron chi connectivity index (χ3n) is 2.31. The minimum Gasteiger partial charge on any atom is -0.392 e. The Morgan fingerprint density at radius 2 is 2.21 bits per heavy atom. The molecule has 7 nitrogen and oxygen atoms in total. The van der Waals surface area contributed by atoms with Crippen LogP contribution in [0.25, 0.3) is 5.82 Å². The summed E-state index contributed by atoms with van der Waals surface area (Å²) in [5, 5.41) is 19.1. The standard InChI is InChI=1S/C11H12BrN5O2/c1-7(18)3-14-11(19)8-2-9(12)10(13-4-8)17-5-15-16-6-17/h2,4-7,18H,3H2,1H3,(H,14,19). The first-order valence-electron chi connectivity index (χ1n) is 5.54. The van der Waals surface area contributed by atoms with Gasteiger partial charge in [0.2, 0.25) is 0 Å². The highest BCUT2D eigenvalue weighted by Crippen LogP contribution is 2.19. The zero-order chi connectivity index (χ0) is 13.8. The minimum atomic E-state index is -0.586. The molecule has 2 heterocycles. The molecule has 0 aromatic carbocycles. The van der Waals surface area contributed by atoms with E-state index in [0.29, 0.717) is 15.9 Å². The Bertz CT molecular complexity index is 570. The number of hydrogen-bond acceptors (Lipinski definition) is 5. The van der Waals surface area contributed by atoms with Gasteiger partial charge in [-0.1, -0.05) is 0 Å². The fourth-order valence-electron chi connectivity index (χ4n) is 1.40. The molecule has 2 rings (SSSR count). The van der Waals surface area contributed by atoms with Crippen molar-refractivity contribution in [2.24, 2.45) is 0 Å². The number of amides is 1. The Morgan fingerprint density at radius 3 is 2.79 bits per heavy atom. The number of carbonyl (C=O) groups excluding carboxylic acids is 1. The topological polar surface area (TPSA) is 92.9 Å². The predicted octanol–water partition coefficient (Wildman–Crippen LogP) is 0.535. The summed E-state index contributed by atoms with van der Waals surface area (Å²) >= 11 is 3.35. The zero-order valence-electron chi connectivity index (χ0n) is 10.1. The number of aliphatic hydroxyl groups is 1. The van der Waals surface area contributed by atoms with Crippen molar-refractivity contribution in [3.8, 4) is 5.82 Å². The van der Waals surface area contributed by atoms with Gasteiger partial charge in [0.1, 0.15) is 12.7 Å². The van der Waals surface area contributed by atoms with Crippen molar-refractivity contribution in [1.82, 2.24) is 25.1 Å². The Morgan fingerprint density at radius 1 is 1.53 bits per heavy atom. The molecule has 0 bridgehead atoms. The summed E-state index contributed by atoms with van der Waals surface area (Å²) in [5.41, 5.74) is 0.407. The molecule has 2 aromatic heterocycles. The lowest BCUT2D eigenvalue weighted by Gasteiger charge is -2.08. The molecule has 19 heavy (non-hydrogen) atoms. The molecule has 100 valence electrons. The van der Waals surface area contributed by atoms with E-state index >= 15 is 0 Å². The Kier molecular flexibility index (Phi) is 4.23. The molecule has 0 fully saturated rings. The first-order valence-corrected chi connectivity index (χ1v) is 6.34. The minimum absolute atomic E-state index is 0.198. The zero-order valence-corrected chi connectivity index (χ0v) is 11.7. The van der Waals surface area contributed by atoms with Gasteiger partial charge >= 0.3 is 0 Å². The largest absolute Gasteiger partial charge is 0.392 e. The van der Waals surface area contributed by atoms with E-state index in [-0.39, 0.29) is 12.5 Å². The van der Waals surface area contributed by atoms with Gasteiger partial charge in [0.15, 0.2) is 5.82 Å². The SMILES string of the molecule is CC(O)CNC(=O)c1cnc(-n2cnnc2)c(Br)c1. The van der Waals surface area contributed by atoms with Crippen LogP contribution in [0.15, 0.2) is 29.4 Å². The number of nitrogens with zero attached hydrogens (tertiary/aromatic N) is 4. The number of nitrogens with one attached hydrogen (secondary N) is 1. The number of rotatable bonds is 4.